The van der Waals surface area contributed by atoms with Gasteiger partial charge in [-0.15, -0.1) is 0 Å². The quantitative estimate of drug-likeness (QED) is 0.106. The molecule has 8 aromatic rings. The van der Waals surface area contributed by atoms with Crippen LogP contribution < -0.4 is 40.2 Å². The minimum absolute atomic E-state index is 0.325. The molecular weight excluding hydrogens is 2220 g/mol. The fourth-order valence-electron chi connectivity index (χ4n) is 11.0. The molecule has 0 radical (unpaired) electrons. The van der Waals surface area contributed by atoms with Crippen LogP contribution >= 0.6 is 0 Å². The van der Waals surface area contributed by atoms with E-state index in [2.05, 4.69) is 485 Å². The zero-order chi connectivity index (χ0) is 109. The van der Waals surface area contributed by atoms with Gasteiger partial charge in [-0.25, -0.2) is 0 Å². The van der Waals surface area contributed by atoms with Crippen LogP contribution in [0.15, 0.2) is 97.1 Å². The maximum Gasteiger partial charge on any atom is 0.121 e. The molecular formula is C112H184B4F4O8Se8. The second kappa shape index (κ2) is 57.2. The van der Waals surface area contributed by atoms with Gasteiger partial charge in [-0.05, 0) is 0 Å². The average Bonchev–Trinajstić information content (AvgIpc) is 0.853. The Morgan fingerprint density at radius 1 is 0.132 bits per heavy atom. The summed E-state index contributed by atoms with van der Waals surface area (Å²) < 4.78 is 65.6. The van der Waals surface area contributed by atoms with Crippen LogP contribution in [0.2, 0.25) is 0 Å². The van der Waals surface area contributed by atoms with Crippen LogP contribution in [0.3, 0.4) is 0 Å². The van der Waals surface area contributed by atoms with Crippen molar-refractivity contribution in [3.8, 4) is 0 Å². The maximum atomic E-state index is 9.89. The van der Waals surface area contributed by atoms with Crippen LogP contribution in [0, 0.1) is 55.4 Å². The topological polar surface area (TPSA) is 184 Å². The predicted octanol–water partition coefficient (Wildman–Crippen LogP) is 22.1. The summed E-state index contributed by atoms with van der Waals surface area (Å²) in [4.78, 5) is 0. The molecule has 0 amide bonds. The third-order valence-corrected chi connectivity index (χ3v) is 51.2. The van der Waals surface area contributed by atoms with Gasteiger partial charge in [0.1, 0.15) is 29.6 Å². The molecule has 8 heterocycles. The van der Waals surface area contributed by atoms with Crippen LogP contribution in [0.5, 0.6) is 0 Å². The Kier molecular flexibility index (Phi) is 59.3. The Balaban J connectivity index is -0.000000715. The molecule has 8 rings (SSSR count). The molecule has 0 saturated heterocycles. The Morgan fingerprint density at radius 2 is 0.169 bits per heavy atom. The normalized spacial score (nSPS) is 12.3. The zero-order valence-corrected chi connectivity index (χ0v) is 109. The van der Waals surface area contributed by atoms with Crippen molar-refractivity contribution >= 4 is 146 Å². The van der Waals surface area contributed by atoms with Gasteiger partial charge in [-0.2, -0.15) is 0 Å². The minimum Gasteiger partial charge on any atom is -0.867 e. The number of halogens is 4. The van der Waals surface area contributed by atoms with E-state index in [1.165, 1.54) is 44.5 Å². The van der Waals surface area contributed by atoms with Gasteiger partial charge in [0.2, 0.25) is 0 Å². The van der Waals surface area contributed by atoms with Crippen LogP contribution in [0.4, 0.5) is 17.3 Å². The Labute approximate surface area is 881 Å². The van der Waals surface area contributed by atoms with E-state index in [0.717, 1.165) is 0 Å². The first-order valence-electron chi connectivity index (χ1n) is 47.3. The smallest absolute Gasteiger partial charge is 0.121 e. The fraction of sp³-hybridized carbons (Fsp3) is 0.643. The summed E-state index contributed by atoms with van der Waals surface area (Å²) in [5.74, 6) is 0. The van der Waals surface area contributed by atoms with Gasteiger partial charge >= 0.3 is 803 Å². The molecule has 8 aromatic heterocycles. The molecule has 0 saturated carbocycles. The van der Waals surface area contributed by atoms with Crippen molar-refractivity contribution in [3.63, 3.8) is 0 Å². The molecule has 768 valence electrons. The van der Waals surface area contributed by atoms with Gasteiger partial charge in [0, 0.05) is 0 Å². The van der Waals surface area contributed by atoms with Crippen molar-refractivity contribution in [2.45, 2.75) is 474 Å². The molecule has 8 nitrogen and oxygen atoms in total. The molecule has 0 spiro atoms. The second-order valence-corrected chi connectivity index (χ2v) is 70.2. The first-order valence-corrected chi connectivity index (χ1v) is 61.0. The fourth-order valence-corrected chi connectivity index (χ4v) is 33.4. The van der Waals surface area contributed by atoms with Gasteiger partial charge < -0.3 is 57.5 Å². The Morgan fingerprint density at radius 3 is 0.199 bits per heavy atom. The zero-order valence-electron chi connectivity index (χ0n) is 95.6. The molecule has 0 bridgehead atoms. The molecule has 0 fully saturated rings. The summed E-state index contributed by atoms with van der Waals surface area (Å²) in [7, 11) is -12.7. The summed E-state index contributed by atoms with van der Waals surface area (Å²) in [5.41, 5.74) is 16.5. The van der Waals surface area contributed by atoms with Gasteiger partial charge in [-0.3, -0.25) is 0 Å². The molecule has 0 aromatic carbocycles. The SMILES string of the molecule is Cc1cc(C(C)(C)C)[se+]c(C(C)(C)C)c1.Cc1cc(C(C)(C)C)[se+]c(C(C)(C)C)c1.Cc1cc(C(C)(C)C)[se+]c(C(C)(C)C)c1.Cc1cc(C(C)(C)C)[se+]c(C(C)(C)C)c1.Cc1cc(C(C)(C)C)[se+]c(C(C)(C)C)c1.Cc1cc(C(C)(C)C)[se+]c(C(C)(C)C)c1.Cc1cc(C(C)(C)C)[se+]c(C(C)(C)C)c1.Cc1cc(C(C)(C)C)[se+]c(C(C)(C)C)c1.[O-]B([O-])F.[O-]B([O-])F.[O-]B([O-])F.[O-]B([O-])F. The standard InChI is InChI=1S/8C14H23Se.4BFO2/c8*1-10-8-11(13(2,3)4)15-12(9-10)14(5,6)7;4*2-1(3)4/h8*8-9H,1-7H3;;;;/q8*+1;4*-2. The first kappa shape index (κ1) is 141. The van der Waals surface area contributed by atoms with E-state index in [9.17, 15) is 17.3 Å². The third kappa shape index (κ3) is 63.2. The Bertz CT molecular complexity index is 3710. The van der Waals surface area contributed by atoms with Gasteiger partial charge in [0.25, 0.3) is 0 Å². The second-order valence-electron chi connectivity index (χ2n) is 52.0. The molecule has 24 heteroatoms. The number of aryl methyl sites for hydroxylation is 8. The van der Waals surface area contributed by atoms with E-state index in [0.29, 0.717) is 203 Å². The summed E-state index contributed by atoms with van der Waals surface area (Å²) in [6.07, 6.45) is 0. The molecule has 0 aliphatic carbocycles. The first-order chi connectivity index (χ1) is 59.8. The van der Waals surface area contributed by atoms with Crippen LogP contribution in [0.1, 0.15) is 448 Å². The summed E-state index contributed by atoms with van der Waals surface area (Å²) >= 11 is 4.30. The van der Waals surface area contributed by atoms with E-state index in [1.54, 1.807) is 71.0 Å². The van der Waals surface area contributed by atoms with Crippen LogP contribution in [-0.4, -0.2) is 146 Å². The van der Waals surface area contributed by atoms with Crippen LogP contribution in [-0.2, 0) is 86.6 Å². The maximum absolute atomic E-state index is 9.89. The third-order valence-electron chi connectivity index (χ3n) is 19.3. The summed E-state index contributed by atoms with van der Waals surface area (Å²) in [5, 5.41) is 66.4. The molecule has 0 atom stereocenters. The molecule has 0 aliphatic heterocycles. The number of hydrogen-bond acceptors (Lipinski definition) is 8. The van der Waals surface area contributed by atoms with Crippen molar-refractivity contribution in [2.75, 3.05) is 0 Å². The van der Waals surface area contributed by atoms with E-state index in [1.807, 2.05) is 0 Å². The monoisotopic (exact) mass is 2420 g/mol. The predicted molar refractivity (Wildman–Crippen MR) is 587 cm³/mol. The molecule has 0 unspecified atom stereocenters. The van der Waals surface area contributed by atoms with Crippen molar-refractivity contribution in [1.82, 2.24) is 0 Å². The number of hydrogen-bond donors (Lipinski definition) is 0. The van der Waals surface area contributed by atoms with Gasteiger partial charge in [0.15, 0.2) is 0 Å². The van der Waals surface area contributed by atoms with E-state index in [-0.39, 0.29) is 0 Å². The van der Waals surface area contributed by atoms with Crippen molar-refractivity contribution in [3.05, 3.63) is 213 Å². The van der Waals surface area contributed by atoms with E-state index < -0.39 is 29.6 Å². The van der Waals surface area contributed by atoms with Crippen molar-refractivity contribution < 1.29 is 57.5 Å². The van der Waals surface area contributed by atoms with E-state index in [4.69, 9.17) is 40.2 Å². The molecule has 0 N–H and O–H groups in total. The summed E-state index contributed by atoms with van der Waals surface area (Å²) in [6, 6.07) is 38.1. The summed E-state index contributed by atoms with van der Waals surface area (Å²) in [6.45, 7) is 129. The average molecular weight is 2410 g/mol. The number of rotatable bonds is 0. The van der Waals surface area contributed by atoms with E-state index >= 15 is 0 Å². The van der Waals surface area contributed by atoms with Gasteiger partial charge in [0.05, 0.1) is 0 Å². The largest absolute Gasteiger partial charge is 0.867 e. The minimum atomic E-state index is -3.17. The molecule has 0 aliphatic rings. The van der Waals surface area contributed by atoms with Crippen molar-refractivity contribution in [1.29, 1.82) is 0 Å². The Hall–Kier alpha value is -1.38. The van der Waals surface area contributed by atoms with Crippen LogP contribution in [0.25, 0.3) is 0 Å². The molecule has 136 heavy (non-hydrogen) atoms. The van der Waals surface area contributed by atoms with Gasteiger partial charge in [-0.1, -0.05) is 0 Å². The van der Waals surface area contributed by atoms with Crippen molar-refractivity contribution in [2.24, 2.45) is 0 Å².